The van der Waals surface area contributed by atoms with Crippen LogP contribution in [0.1, 0.15) is 47.8 Å². The van der Waals surface area contributed by atoms with Gasteiger partial charge in [-0.3, -0.25) is 4.79 Å². The second-order valence-corrected chi connectivity index (χ2v) is 7.70. The summed E-state index contributed by atoms with van der Waals surface area (Å²) in [5.41, 5.74) is 1.22. The first-order valence-corrected chi connectivity index (χ1v) is 9.89. The van der Waals surface area contributed by atoms with Crippen molar-refractivity contribution in [2.24, 2.45) is 5.92 Å². The number of fused-ring (bicyclic) bond motifs is 3. The van der Waals surface area contributed by atoms with Crippen molar-refractivity contribution in [2.75, 3.05) is 20.3 Å². The van der Waals surface area contributed by atoms with Gasteiger partial charge in [-0.1, -0.05) is 26.5 Å². The van der Waals surface area contributed by atoms with Gasteiger partial charge in [0.25, 0.3) is 0 Å². The molecule has 0 bridgehead atoms. The molecule has 7 heteroatoms. The number of carboxylic acids is 1. The van der Waals surface area contributed by atoms with Crippen molar-refractivity contribution in [1.29, 1.82) is 0 Å². The van der Waals surface area contributed by atoms with Crippen LogP contribution in [0.5, 0.6) is 5.75 Å². The number of hydrogen-bond acceptors (Lipinski definition) is 4. The summed E-state index contributed by atoms with van der Waals surface area (Å²) in [7, 11) is 1.59. The maximum absolute atomic E-state index is 15.2. The summed E-state index contributed by atoms with van der Waals surface area (Å²) in [6.45, 7) is 8.62. The summed E-state index contributed by atoms with van der Waals surface area (Å²) in [5.74, 6) is -1.53. The zero-order valence-electron chi connectivity index (χ0n) is 17.4. The fraction of sp³-hybridized carbons (Fsp3) is 0.391. The molecule has 0 amide bonds. The molecule has 0 saturated heterocycles. The maximum atomic E-state index is 15.2. The average molecular weight is 415 g/mol. The van der Waals surface area contributed by atoms with E-state index in [1.165, 1.54) is 18.3 Å². The van der Waals surface area contributed by atoms with E-state index in [4.69, 9.17) is 9.47 Å². The lowest BCUT2D eigenvalue weighted by molar-refractivity contribution is 0.0694. The first kappa shape index (κ1) is 21.8. The number of nitrogens with zero attached hydrogens (tertiary/aromatic N) is 1. The van der Waals surface area contributed by atoms with Crippen molar-refractivity contribution in [1.82, 2.24) is 4.57 Å². The van der Waals surface area contributed by atoms with Crippen molar-refractivity contribution in [3.63, 3.8) is 0 Å². The molecule has 0 spiro atoms. The van der Waals surface area contributed by atoms with Gasteiger partial charge in [-0.2, -0.15) is 0 Å². The number of carbonyl (C=O) groups is 1. The molecule has 0 saturated carbocycles. The monoisotopic (exact) mass is 415 g/mol. The highest BCUT2D eigenvalue weighted by molar-refractivity contribution is 5.88. The van der Waals surface area contributed by atoms with Crippen LogP contribution in [0.2, 0.25) is 0 Å². The average Bonchev–Trinajstić information content (AvgIpc) is 2.70. The number of pyridine rings is 1. The van der Waals surface area contributed by atoms with Crippen LogP contribution in [0, 0.1) is 11.7 Å². The molecule has 1 N–H and O–H groups in total. The Hall–Kier alpha value is -2.93. The number of methoxy groups -OCH3 is 1. The largest absolute Gasteiger partial charge is 0.490 e. The summed E-state index contributed by atoms with van der Waals surface area (Å²) >= 11 is 0. The van der Waals surface area contributed by atoms with Gasteiger partial charge in [0, 0.05) is 49.6 Å². The van der Waals surface area contributed by atoms with E-state index in [1.54, 1.807) is 17.7 Å². The van der Waals surface area contributed by atoms with E-state index in [-0.39, 0.29) is 28.8 Å². The first-order valence-electron chi connectivity index (χ1n) is 9.89. The van der Waals surface area contributed by atoms with Crippen molar-refractivity contribution in [3.05, 3.63) is 57.6 Å². The molecular formula is C23H26FNO5. The summed E-state index contributed by atoms with van der Waals surface area (Å²) in [4.78, 5) is 23.9. The Morgan fingerprint density at radius 2 is 2.13 bits per heavy atom. The lowest BCUT2D eigenvalue weighted by Gasteiger charge is -2.34. The van der Waals surface area contributed by atoms with Gasteiger partial charge >= 0.3 is 5.97 Å². The van der Waals surface area contributed by atoms with E-state index in [0.29, 0.717) is 37.3 Å². The predicted molar refractivity (Wildman–Crippen MR) is 113 cm³/mol. The number of ether oxygens (including phenoxy) is 2. The van der Waals surface area contributed by atoms with Crippen molar-refractivity contribution < 1.29 is 23.8 Å². The van der Waals surface area contributed by atoms with E-state index in [1.807, 2.05) is 13.8 Å². The second-order valence-electron chi connectivity index (χ2n) is 7.70. The number of hydrogen-bond donors (Lipinski definition) is 1. The van der Waals surface area contributed by atoms with Crippen molar-refractivity contribution in [3.8, 4) is 17.0 Å². The van der Waals surface area contributed by atoms with Gasteiger partial charge in [0.2, 0.25) is 0 Å². The fourth-order valence-corrected chi connectivity index (χ4v) is 3.92. The third kappa shape index (κ3) is 3.89. The standard InChI is InChI=1S/C23H26FNO5/c1-5-15-21-14(10-20(22(15)24)30-8-6-7-29-4)9-17(13(2)3)25-12-16(23(27)28)19(26)11-18(21)25/h5,10-13,17H,1,6-9H2,2-4H3,(H,27,28). The van der Waals surface area contributed by atoms with Crippen LogP contribution in [-0.4, -0.2) is 36.0 Å². The van der Waals surface area contributed by atoms with Gasteiger partial charge in [0.1, 0.15) is 5.56 Å². The van der Waals surface area contributed by atoms with Crippen molar-refractivity contribution >= 4 is 12.0 Å². The van der Waals surface area contributed by atoms with Gasteiger partial charge in [0.05, 0.1) is 12.3 Å². The molecular weight excluding hydrogens is 389 g/mol. The van der Waals surface area contributed by atoms with E-state index in [0.717, 1.165) is 5.56 Å². The molecule has 1 aromatic carbocycles. The summed E-state index contributed by atoms with van der Waals surface area (Å²) in [5, 5.41) is 9.37. The topological polar surface area (TPSA) is 77.8 Å². The molecule has 1 aliphatic rings. The third-order valence-corrected chi connectivity index (χ3v) is 5.43. The van der Waals surface area contributed by atoms with E-state index >= 15 is 4.39 Å². The molecule has 2 heterocycles. The molecule has 160 valence electrons. The lowest BCUT2D eigenvalue weighted by Crippen LogP contribution is -2.28. The van der Waals surface area contributed by atoms with Gasteiger partial charge in [0.15, 0.2) is 17.0 Å². The number of aromatic carboxylic acids is 1. The zero-order valence-corrected chi connectivity index (χ0v) is 17.4. The van der Waals surface area contributed by atoms with Gasteiger partial charge in [-0.15, -0.1) is 0 Å². The smallest absolute Gasteiger partial charge is 0.341 e. The number of halogens is 1. The van der Waals surface area contributed by atoms with Crippen LogP contribution in [0.25, 0.3) is 17.3 Å². The summed E-state index contributed by atoms with van der Waals surface area (Å²) < 4.78 is 27.7. The number of rotatable bonds is 8. The Labute approximate surface area is 174 Å². The highest BCUT2D eigenvalue weighted by Gasteiger charge is 2.31. The Morgan fingerprint density at radius 3 is 2.73 bits per heavy atom. The highest BCUT2D eigenvalue weighted by Crippen LogP contribution is 2.43. The second kappa shape index (κ2) is 8.83. The maximum Gasteiger partial charge on any atom is 0.341 e. The summed E-state index contributed by atoms with van der Waals surface area (Å²) in [6.07, 6.45) is 3.96. The molecule has 0 fully saturated rings. The molecule has 1 atom stereocenters. The van der Waals surface area contributed by atoms with E-state index in [9.17, 15) is 14.7 Å². The minimum atomic E-state index is -1.28. The Morgan fingerprint density at radius 1 is 1.40 bits per heavy atom. The number of aromatic nitrogens is 1. The highest BCUT2D eigenvalue weighted by atomic mass is 19.1. The number of benzene rings is 1. The van der Waals surface area contributed by atoms with Crippen LogP contribution in [-0.2, 0) is 11.2 Å². The van der Waals surface area contributed by atoms with Crippen LogP contribution in [0.3, 0.4) is 0 Å². The molecule has 0 radical (unpaired) electrons. The third-order valence-electron chi connectivity index (χ3n) is 5.43. The van der Waals surface area contributed by atoms with Crippen LogP contribution in [0.15, 0.2) is 29.7 Å². The molecule has 1 unspecified atom stereocenters. The zero-order chi connectivity index (χ0) is 22.0. The predicted octanol–water partition coefficient (Wildman–Crippen LogP) is 4.16. The van der Waals surface area contributed by atoms with Crippen LogP contribution >= 0.6 is 0 Å². The minimum absolute atomic E-state index is 0.0873. The fourth-order valence-electron chi connectivity index (χ4n) is 3.92. The minimum Gasteiger partial charge on any atom is -0.490 e. The Bertz CT molecular complexity index is 1040. The molecule has 30 heavy (non-hydrogen) atoms. The summed E-state index contributed by atoms with van der Waals surface area (Å²) in [6, 6.07) is 2.87. The first-order chi connectivity index (χ1) is 14.3. The molecule has 2 aromatic rings. The lowest BCUT2D eigenvalue weighted by atomic mass is 9.84. The van der Waals surface area contributed by atoms with Gasteiger partial charge in [-0.05, 0) is 24.0 Å². The molecule has 1 aromatic heterocycles. The Balaban J connectivity index is 2.20. The van der Waals surface area contributed by atoms with Crippen LogP contribution in [0.4, 0.5) is 4.39 Å². The quantitative estimate of drug-likeness (QED) is 0.655. The van der Waals surface area contributed by atoms with Crippen LogP contribution < -0.4 is 10.2 Å². The van der Waals surface area contributed by atoms with E-state index in [2.05, 4.69) is 6.58 Å². The molecule has 6 nitrogen and oxygen atoms in total. The van der Waals surface area contributed by atoms with Crippen molar-refractivity contribution in [2.45, 2.75) is 32.7 Å². The normalized spacial score (nSPS) is 14.9. The van der Waals surface area contributed by atoms with E-state index < -0.39 is 17.2 Å². The number of carboxylic acid groups (broad SMARTS) is 1. The van der Waals surface area contributed by atoms with Gasteiger partial charge < -0.3 is 19.1 Å². The molecule has 1 aliphatic heterocycles. The molecule has 3 rings (SSSR count). The SMILES string of the molecule is C=Cc1c(F)c(OCCCOC)cc2c1-c1cc(=O)c(C(=O)O)cn1C(C(C)C)C2. The molecule has 0 aliphatic carbocycles. The Kier molecular flexibility index (Phi) is 6.41. The van der Waals surface area contributed by atoms with Gasteiger partial charge in [-0.25, -0.2) is 9.18 Å².